The molecule has 0 N–H and O–H groups in total. The maximum absolute atomic E-state index is 5.14. The summed E-state index contributed by atoms with van der Waals surface area (Å²) >= 11 is 0. The summed E-state index contributed by atoms with van der Waals surface area (Å²) in [7, 11) is 1.70. The second-order valence-corrected chi connectivity index (χ2v) is 2.66. The molecule has 15 heavy (non-hydrogen) atoms. The largest absolute Gasteiger partial charge is 0.496 e. The molecule has 1 aromatic rings. The van der Waals surface area contributed by atoms with Crippen LogP contribution in [0.1, 0.15) is 45.7 Å². The Bertz CT molecular complexity index is 241. The molecule has 0 aliphatic rings. The highest BCUT2D eigenvalue weighted by Crippen LogP contribution is 2.18. The first-order valence-corrected chi connectivity index (χ1v) is 5.91. The Morgan fingerprint density at radius 2 is 1.60 bits per heavy atom. The molecule has 1 heteroatoms. The van der Waals surface area contributed by atoms with E-state index in [1.807, 2.05) is 33.8 Å². The number of rotatable bonds is 2. The zero-order valence-corrected chi connectivity index (χ0v) is 11.3. The zero-order chi connectivity index (χ0) is 12.3. The molecule has 0 atom stereocenters. The molecule has 0 aromatic heterocycles. The number of aryl methyl sites for hydroxylation is 2. The molecule has 0 bridgehead atoms. The second-order valence-electron chi connectivity index (χ2n) is 2.66. The minimum Gasteiger partial charge on any atom is -0.496 e. The van der Waals surface area contributed by atoms with Crippen molar-refractivity contribution in [1.82, 2.24) is 0 Å². The maximum atomic E-state index is 5.14. The Balaban J connectivity index is 0. The summed E-state index contributed by atoms with van der Waals surface area (Å²) in [6.07, 6.45) is 1.09. The molecular weight excluding hydrogens is 184 g/mol. The quantitative estimate of drug-likeness (QED) is 0.692. The Morgan fingerprint density at radius 1 is 1.07 bits per heavy atom. The van der Waals surface area contributed by atoms with Crippen LogP contribution in [0.15, 0.2) is 18.2 Å². The molecule has 1 nitrogen and oxygen atoms in total. The molecule has 0 aliphatic heterocycles. The summed E-state index contributed by atoms with van der Waals surface area (Å²) in [6.45, 7) is 12.2. The van der Waals surface area contributed by atoms with Gasteiger partial charge in [0.2, 0.25) is 0 Å². The van der Waals surface area contributed by atoms with Crippen LogP contribution in [0, 0.1) is 6.92 Å². The first kappa shape index (κ1) is 16.4. The van der Waals surface area contributed by atoms with Crippen molar-refractivity contribution in [2.24, 2.45) is 0 Å². The Labute approximate surface area is 95.5 Å². The molecular formula is C14H26O. The molecule has 0 fully saturated rings. The van der Waals surface area contributed by atoms with Crippen LogP contribution in [-0.4, -0.2) is 7.11 Å². The molecule has 88 valence electrons. The average Bonchev–Trinajstić information content (AvgIpc) is 2.34. The van der Waals surface area contributed by atoms with Gasteiger partial charge in [0.25, 0.3) is 0 Å². The third kappa shape index (κ3) is 6.16. The van der Waals surface area contributed by atoms with Crippen LogP contribution in [0.4, 0.5) is 0 Å². The second kappa shape index (κ2) is 11.1. The van der Waals surface area contributed by atoms with Crippen LogP contribution in [-0.2, 0) is 6.42 Å². The van der Waals surface area contributed by atoms with Crippen molar-refractivity contribution in [2.75, 3.05) is 7.11 Å². The van der Waals surface area contributed by atoms with Gasteiger partial charge in [-0.1, -0.05) is 46.8 Å². The summed E-state index contributed by atoms with van der Waals surface area (Å²) in [5.74, 6) is 0.974. The monoisotopic (exact) mass is 210 g/mol. The fourth-order valence-corrected chi connectivity index (χ4v) is 1.16. The first-order valence-electron chi connectivity index (χ1n) is 5.91. The van der Waals surface area contributed by atoms with Gasteiger partial charge in [-0.2, -0.15) is 0 Å². The van der Waals surface area contributed by atoms with Gasteiger partial charge in [0.15, 0.2) is 0 Å². The van der Waals surface area contributed by atoms with Crippen molar-refractivity contribution < 1.29 is 4.74 Å². The first-order chi connectivity index (χ1) is 7.27. The average molecular weight is 210 g/mol. The molecule has 0 radical (unpaired) electrons. The highest BCUT2D eigenvalue weighted by Gasteiger charge is 1.96. The standard InChI is InChI=1S/C10H14O.2C2H6/c1-4-9-5-6-10(11-3)8(2)7-9;2*1-2/h5-7H,4H2,1-3H3;2*1-2H3. The van der Waals surface area contributed by atoms with Crippen LogP contribution >= 0.6 is 0 Å². The van der Waals surface area contributed by atoms with E-state index in [4.69, 9.17) is 4.74 Å². The molecule has 0 spiro atoms. The maximum Gasteiger partial charge on any atom is 0.121 e. The van der Waals surface area contributed by atoms with Gasteiger partial charge in [-0.05, 0) is 30.5 Å². The van der Waals surface area contributed by atoms with Crippen LogP contribution in [0.5, 0.6) is 5.75 Å². The van der Waals surface area contributed by atoms with Crippen molar-refractivity contribution in [1.29, 1.82) is 0 Å². The molecule has 1 aromatic carbocycles. The van der Waals surface area contributed by atoms with E-state index in [1.165, 1.54) is 11.1 Å². The van der Waals surface area contributed by atoms with Crippen molar-refractivity contribution in [3.05, 3.63) is 29.3 Å². The van der Waals surface area contributed by atoms with Crippen molar-refractivity contribution >= 4 is 0 Å². The molecule has 0 saturated carbocycles. The summed E-state index contributed by atoms with van der Waals surface area (Å²) in [6, 6.07) is 6.29. The lowest BCUT2D eigenvalue weighted by molar-refractivity contribution is 0.411. The van der Waals surface area contributed by atoms with E-state index in [0.29, 0.717) is 0 Å². The molecule has 1 rings (SSSR count). The highest BCUT2D eigenvalue weighted by molar-refractivity contribution is 5.35. The summed E-state index contributed by atoms with van der Waals surface area (Å²) < 4.78 is 5.14. The fourth-order valence-electron chi connectivity index (χ4n) is 1.16. The van der Waals surface area contributed by atoms with E-state index in [9.17, 15) is 0 Å². The Kier molecular flexibility index (Phi) is 12.2. The Morgan fingerprint density at radius 3 is 1.93 bits per heavy atom. The van der Waals surface area contributed by atoms with Crippen LogP contribution in [0.25, 0.3) is 0 Å². The predicted octanol–water partition coefficient (Wildman–Crippen LogP) is 4.62. The number of ether oxygens (including phenoxy) is 1. The van der Waals surface area contributed by atoms with E-state index in [2.05, 4.69) is 26.0 Å². The SMILES string of the molecule is CC.CC.CCc1ccc(OC)c(C)c1. The fraction of sp³-hybridized carbons (Fsp3) is 0.571. The third-order valence-electron chi connectivity index (χ3n) is 1.87. The summed E-state index contributed by atoms with van der Waals surface area (Å²) in [5.41, 5.74) is 2.58. The van der Waals surface area contributed by atoms with Crippen LogP contribution < -0.4 is 4.74 Å². The summed E-state index contributed by atoms with van der Waals surface area (Å²) in [4.78, 5) is 0. The van der Waals surface area contributed by atoms with Crippen LogP contribution in [0.2, 0.25) is 0 Å². The van der Waals surface area contributed by atoms with Gasteiger partial charge in [0.1, 0.15) is 5.75 Å². The molecule has 0 unspecified atom stereocenters. The van der Waals surface area contributed by atoms with Crippen LogP contribution in [0.3, 0.4) is 0 Å². The van der Waals surface area contributed by atoms with Gasteiger partial charge in [-0.25, -0.2) is 0 Å². The van der Waals surface area contributed by atoms with Crippen molar-refractivity contribution in [2.45, 2.75) is 48.0 Å². The smallest absolute Gasteiger partial charge is 0.121 e. The zero-order valence-electron chi connectivity index (χ0n) is 11.3. The molecule has 0 aliphatic carbocycles. The van der Waals surface area contributed by atoms with Gasteiger partial charge < -0.3 is 4.74 Å². The number of hydrogen-bond donors (Lipinski definition) is 0. The minimum atomic E-state index is 0.974. The molecule has 0 amide bonds. The Hall–Kier alpha value is -0.980. The van der Waals surface area contributed by atoms with Gasteiger partial charge in [-0.3, -0.25) is 0 Å². The predicted molar refractivity (Wildman–Crippen MR) is 69.8 cm³/mol. The van der Waals surface area contributed by atoms with E-state index in [0.717, 1.165) is 12.2 Å². The van der Waals surface area contributed by atoms with Gasteiger partial charge >= 0.3 is 0 Å². The minimum absolute atomic E-state index is 0.974. The summed E-state index contributed by atoms with van der Waals surface area (Å²) in [5, 5.41) is 0. The van der Waals surface area contributed by atoms with E-state index in [1.54, 1.807) is 7.11 Å². The van der Waals surface area contributed by atoms with E-state index in [-0.39, 0.29) is 0 Å². The van der Waals surface area contributed by atoms with Gasteiger partial charge in [0, 0.05) is 0 Å². The lowest BCUT2D eigenvalue weighted by atomic mass is 10.1. The van der Waals surface area contributed by atoms with E-state index < -0.39 is 0 Å². The topological polar surface area (TPSA) is 9.23 Å². The molecule has 0 heterocycles. The van der Waals surface area contributed by atoms with E-state index >= 15 is 0 Å². The van der Waals surface area contributed by atoms with Gasteiger partial charge in [-0.15, -0.1) is 0 Å². The molecule has 0 saturated heterocycles. The van der Waals surface area contributed by atoms with Gasteiger partial charge in [0.05, 0.1) is 7.11 Å². The number of benzene rings is 1. The lowest BCUT2D eigenvalue weighted by Crippen LogP contribution is -1.88. The lowest BCUT2D eigenvalue weighted by Gasteiger charge is -2.05. The van der Waals surface area contributed by atoms with Crippen molar-refractivity contribution in [3.8, 4) is 5.75 Å². The third-order valence-corrected chi connectivity index (χ3v) is 1.87. The highest BCUT2D eigenvalue weighted by atomic mass is 16.5. The van der Waals surface area contributed by atoms with Crippen molar-refractivity contribution in [3.63, 3.8) is 0 Å². The number of hydrogen-bond acceptors (Lipinski definition) is 1. The number of methoxy groups -OCH3 is 1. The normalized spacial score (nSPS) is 7.93.